The molecular formula is C9H18N2O4S. The first-order chi connectivity index (χ1) is 7.36. The first-order valence-corrected chi connectivity index (χ1v) is 6.20. The molecule has 0 aliphatic carbocycles. The van der Waals surface area contributed by atoms with E-state index >= 15 is 0 Å². The fourth-order valence-corrected chi connectivity index (χ4v) is 1.99. The average Bonchev–Trinajstić information content (AvgIpc) is 2.17. The zero-order valence-corrected chi connectivity index (χ0v) is 10.7. The summed E-state index contributed by atoms with van der Waals surface area (Å²) in [5, 5.41) is 0. The molecule has 0 spiro atoms. The van der Waals surface area contributed by atoms with Crippen LogP contribution in [0.25, 0.3) is 0 Å². The molecule has 0 aliphatic heterocycles. The van der Waals surface area contributed by atoms with Crippen molar-refractivity contribution >= 4 is 16.2 Å². The van der Waals surface area contributed by atoms with E-state index in [2.05, 4.69) is 6.58 Å². The molecule has 0 aromatic rings. The molecule has 6 nitrogen and oxygen atoms in total. The Bertz CT molecular complexity index is 337. The quantitative estimate of drug-likeness (QED) is 0.465. The van der Waals surface area contributed by atoms with Gasteiger partial charge in [0.1, 0.15) is 6.54 Å². The summed E-state index contributed by atoms with van der Waals surface area (Å²) in [7, 11) is -0.821. The Hall–Kier alpha value is -0.920. The lowest BCUT2D eigenvalue weighted by atomic mass is 10.5. The van der Waals surface area contributed by atoms with Crippen LogP contribution in [-0.4, -0.2) is 56.8 Å². The fraction of sp³-hybridized carbons (Fsp3) is 0.667. The maximum absolute atomic E-state index is 11.8. The van der Waals surface area contributed by atoms with E-state index in [9.17, 15) is 13.2 Å². The fourth-order valence-electron chi connectivity index (χ4n) is 0.966. The van der Waals surface area contributed by atoms with E-state index in [1.54, 1.807) is 6.92 Å². The summed E-state index contributed by atoms with van der Waals surface area (Å²) < 4.78 is 30.2. The normalized spacial score (nSPS) is 11.8. The molecule has 7 heteroatoms. The van der Waals surface area contributed by atoms with Crippen LogP contribution in [0.1, 0.15) is 6.92 Å². The minimum atomic E-state index is -3.62. The molecule has 94 valence electrons. The topological polar surface area (TPSA) is 66.9 Å². The highest BCUT2D eigenvalue weighted by Gasteiger charge is 2.25. The molecule has 16 heavy (non-hydrogen) atoms. The number of carbonyl (C=O) groups is 1. The van der Waals surface area contributed by atoms with E-state index in [0.717, 1.165) is 8.61 Å². The molecule has 0 heterocycles. The second kappa shape index (κ2) is 6.62. The van der Waals surface area contributed by atoms with Gasteiger partial charge in [-0.1, -0.05) is 6.08 Å². The number of esters is 1. The minimum Gasteiger partial charge on any atom is -0.465 e. The van der Waals surface area contributed by atoms with Crippen LogP contribution >= 0.6 is 0 Å². The lowest BCUT2D eigenvalue weighted by molar-refractivity contribution is -0.143. The third kappa shape index (κ3) is 4.30. The molecule has 0 amide bonds. The van der Waals surface area contributed by atoms with E-state index in [-0.39, 0.29) is 19.7 Å². The number of hydrogen-bond acceptors (Lipinski definition) is 4. The van der Waals surface area contributed by atoms with Gasteiger partial charge in [-0.05, 0) is 6.92 Å². The highest BCUT2D eigenvalue weighted by molar-refractivity contribution is 7.86. The van der Waals surface area contributed by atoms with Gasteiger partial charge in [-0.15, -0.1) is 6.58 Å². The summed E-state index contributed by atoms with van der Waals surface area (Å²) in [5.41, 5.74) is 0. The molecule has 0 N–H and O–H groups in total. The van der Waals surface area contributed by atoms with E-state index in [4.69, 9.17) is 4.74 Å². The first kappa shape index (κ1) is 15.1. The summed E-state index contributed by atoms with van der Waals surface area (Å²) in [5.74, 6) is -0.574. The number of carbonyl (C=O) groups excluding carboxylic acids is 1. The summed E-state index contributed by atoms with van der Waals surface area (Å²) in [6, 6.07) is 0. The molecule has 0 atom stereocenters. The summed E-state index contributed by atoms with van der Waals surface area (Å²) in [4.78, 5) is 11.2. The highest BCUT2D eigenvalue weighted by Crippen LogP contribution is 2.04. The third-order valence-electron chi connectivity index (χ3n) is 1.73. The number of hydrogen-bond donors (Lipinski definition) is 0. The maximum atomic E-state index is 11.8. The van der Waals surface area contributed by atoms with Gasteiger partial charge in [0.05, 0.1) is 6.61 Å². The number of rotatable bonds is 7. The van der Waals surface area contributed by atoms with Crippen LogP contribution in [-0.2, 0) is 19.7 Å². The molecule has 0 radical (unpaired) electrons. The van der Waals surface area contributed by atoms with Crippen molar-refractivity contribution in [2.75, 3.05) is 33.8 Å². The Morgan fingerprint density at radius 2 is 2.00 bits per heavy atom. The predicted octanol–water partition coefficient (Wildman–Crippen LogP) is -0.156. The van der Waals surface area contributed by atoms with Crippen LogP contribution in [0.4, 0.5) is 0 Å². The number of nitrogens with zero attached hydrogens (tertiary/aromatic N) is 2. The summed E-state index contributed by atoms with van der Waals surface area (Å²) >= 11 is 0. The molecule has 0 bridgehead atoms. The molecule has 0 saturated heterocycles. The van der Waals surface area contributed by atoms with Gasteiger partial charge in [0, 0.05) is 20.6 Å². The summed E-state index contributed by atoms with van der Waals surface area (Å²) in [6.07, 6.45) is 1.42. The Labute approximate surface area is 96.7 Å². The first-order valence-electron chi connectivity index (χ1n) is 4.80. The van der Waals surface area contributed by atoms with Crippen LogP contribution in [0.3, 0.4) is 0 Å². The van der Waals surface area contributed by atoms with Crippen molar-refractivity contribution in [2.45, 2.75) is 6.92 Å². The highest BCUT2D eigenvalue weighted by atomic mass is 32.2. The summed E-state index contributed by atoms with van der Waals surface area (Å²) in [6.45, 7) is 5.10. The van der Waals surface area contributed by atoms with Gasteiger partial charge < -0.3 is 4.74 Å². The Morgan fingerprint density at radius 1 is 1.44 bits per heavy atom. The van der Waals surface area contributed by atoms with Crippen LogP contribution < -0.4 is 0 Å². The van der Waals surface area contributed by atoms with Crippen molar-refractivity contribution in [3.8, 4) is 0 Å². The van der Waals surface area contributed by atoms with Crippen LogP contribution in [0.2, 0.25) is 0 Å². The molecule has 0 aliphatic rings. The van der Waals surface area contributed by atoms with Crippen molar-refractivity contribution < 1.29 is 17.9 Å². The van der Waals surface area contributed by atoms with Gasteiger partial charge in [0.2, 0.25) is 0 Å². The van der Waals surface area contributed by atoms with Gasteiger partial charge >= 0.3 is 5.97 Å². The molecule has 0 aromatic carbocycles. The van der Waals surface area contributed by atoms with Gasteiger partial charge in [-0.2, -0.15) is 17.0 Å². The van der Waals surface area contributed by atoms with Crippen molar-refractivity contribution in [3.63, 3.8) is 0 Å². The van der Waals surface area contributed by atoms with Crippen molar-refractivity contribution in [2.24, 2.45) is 0 Å². The van der Waals surface area contributed by atoms with Gasteiger partial charge in [0.25, 0.3) is 10.2 Å². The third-order valence-corrected chi connectivity index (χ3v) is 3.58. The lowest BCUT2D eigenvalue weighted by Gasteiger charge is -2.23. The van der Waals surface area contributed by atoms with Gasteiger partial charge in [-0.25, -0.2) is 0 Å². The minimum absolute atomic E-state index is 0.0688. The van der Waals surface area contributed by atoms with Crippen LogP contribution in [0.15, 0.2) is 12.7 Å². The van der Waals surface area contributed by atoms with E-state index in [1.807, 2.05) is 0 Å². The van der Waals surface area contributed by atoms with Crippen molar-refractivity contribution in [3.05, 3.63) is 12.7 Å². The largest absolute Gasteiger partial charge is 0.465 e. The molecular weight excluding hydrogens is 232 g/mol. The smallest absolute Gasteiger partial charge is 0.321 e. The van der Waals surface area contributed by atoms with Crippen LogP contribution in [0.5, 0.6) is 0 Å². The van der Waals surface area contributed by atoms with Gasteiger partial charge in [0.15, 0.2) is 0 Å². The molecule has 0 unspecified atom stereocenters. The molecule has 0 rings (SSSR count). The number of ether oxygens (including phenoxy) is 1. The monoisotopic (exact) mass is 250 g/mol. The zero-order valence-electron chi connectivity index (χ0n) is 9.84. The van der Waals surface area contributed by atoms with Crippen molar-refractivity contribution in [1.82, 2.24) is 8.61 Å². The Morgan fingerprint density at radius 3 is 2.38 bits per heavy atom. The zero-order chi connectivity index (χ0) is 12.8. The predicted molar refractivity (Wildman–Crippen MR) is 61.0 cm³/mol. The van der Waals surface area contributed by atoms with E-state index in [1.165, 1.54) is 20.2 Å². The van der Waals surface area contributed by atoms with E-state index < -0.39 is 16.2 Å². The standard InChI is InChI=1S/C9H18N2O4S/c1-5-7-11(8-9(12)15-6-2)16(13,14)10(3)4/h5H,1,6-8H2,2-4H3. The molecule has 0 aromatic heterocycles. The van der Waals surface area contributed by atoms with Crippen LogP contribution in [0, 0.1) is 0 Å². The van der Waals surface area contributed by atoms with Crippen molar-refractivity contribution in [1.29, 1.82) is 0 Å². The van der Waals surface area contributed by atoms with E-state index in [0.29, 0.717) is 0 Å². The Kier molecular flexibility index (Phi) is 6.24. The maximum Gasteiger partial charge on any atom is 0.321 e. The SMILES string of the molecule is C=CCN(CC(=O)OCC)S(=O)(=O)N(C)C. The second-order valence-corrected chi connectivity index (χ2v) is 5.32. The Balaban J connectivity index is 4.75. The molecule has 0 saturated carbocycles. The lowest BCUT2D eigenvalue weighted by Crippen LogP contribution is -2.43. The molecule has 0 fully saturated rings. The second-order valence-electron chi connectivity index (χ2n) is 3.18. The average molecular weight is 250 g/mol. The van der Waals surface area contributed by atoms with Gasteiger partial charge in [-0.3, -0.25) is 4.79 Å².